The van der Waals surface area contributed by atoms with E-state index in [0.29, 0.717) is 31.8 Å². The quantitative estimate of drug-likeness (QED) is 0.135. The number of phenols is 1. The maximum atomic E-state index is 12.8. The van der Waals surface area contributed by atoms with Crippen molar-refractivity contribution in [2.45, 2.75) is 44.3 Å². The molecule has 39 heavy (non-hydrogen) atoms. The fourth-order valence-electron chi connectivity index (χ4n) is 3.71. The van der Waals surface area contributed by atoms with Gasteiger partial charge in [-0.15, -0.1) is 11.8 Å². The van der Waals surface area contributed by atoms with Gasteiger partial charge in [0.15, 0.2) is 0 Å². The average molecular weight is 573 g/mol. The number of benzene rings is 3. The molecule has 7 nitrogen and oxygen atoms in total. The minimum atomic E-state index is -3.56. The molecule has 1 N–H and O–H groups in total. The lowest BCUT2D eigenvalue weighted by atomic mass is 10.1. The molecule has 0 fully saturated rings. The molecule has 0 spiro atoms. The van der Waals surface area contributed by atoms with Crippen LogP contribution in [0.4, 0.5) is 0 Å². The first kappa shape index (κ1) is 30.4. The Morgan fingerprint density at radius 2 is 1.44 bits per heavy atom. The molecule has 0 aliphatic rings. The number of phenolic OH excluding ortho intramolecular Hbond substituents is 1. The molecule has 0 saturated carbocycles. The molecule has 3 rings (SSSR count). The zero-order chi connectivity index (χ0) is 28.1. The summed E-state index contributed by atoms with van der Waals surface area (Å²) >= 11 is 1.60. The number of rotatable bonds is 16. The maximum Gasteiger partial charge on any atom is 0.319 e. The molecule has 0 saturated heterocycles. The smallest absolute Gasteiger partial charge is 0.319 e. The number of carbonyl (C=O) groups is 1. The lowest BCUT2D eigenvalue weighted by Crippen LogP contribution is -2.24. The Bertz CT molecular complexity index is 1260. The molecule has 0 aromatic heterocycles. The largest absolute Gasteiger partial charge is 0.508 e. The SMILES string of the molecule is CCCCOC(=O)[C@@H](Cc1ccc(CCOc2ccc(OS(C)(=O)=O)cc2)cc1)SCCc1ccc(O)cc1. The number of aromatic hydroxyl groups is 1. The number of carbonyl (C=O) groups excluding carboxylic acids is 1. The summed E-state index contributed by atoms with van der Waals surface area (Å²) in [5.74, 6) is 1.71. The van der Waals surface area contributed by atoms with Crippen LogP contribution in [0.3, 0.4) is 0 Å². The monoisotopic (exact) mass is 572 g/mol. The molecule has 3 aromatic carbocycles. The second kappa shape index (κ2) is 15.4. The van der Waals surface area contributed by atoms with Gasteiger partial charge in [0.25, 0.3) is 0 Å². The Kier molecular flexibility index (Phi) is 12.0. The molecular weight excluding hydrogens is 536 g/mol. The van der Waals surface area contributed by atoms with Crippen LogP contribution in [0.15, 0.2) is 72.8 Å². The van der Waals surface area contributed by atoms with Gasteiger partial charge in [0.2, 0.25) is 0 Å². The summed E-state index contributed by atoms with van der Waals surface area (Å²) in [5, 5.41) is 9.19. The van der Waals surface area contributed by atoms with Gasteiger partial charge in [-0.3, -0.25) is 4.79 Å². The molecule has 1 atom stereocenters. The number of aryl methyl sites for hydroxylation is 1. The highest BCUT2D eigenvalue weighted by Gasteiger charge is 2.21. The molecule has 0 radical (unpaired) electrons. The molecule has 3 aromatic rings. The predicted octanol–water partition coefficient (Wildman–Crippen LogP) is 5.58. The van der Waals surface area contributed by atoms with E-state index in [0.717, 1.165) is 48.0 Å². The number of unbranched alkanes of at least 4 members (excludes halogenated alkanes) is 1. The van der Waals surface area contributed by atoms with Crippen molar-refractivity contribution in [1.29, 1.82) is 0 Å². The van der Waals surface area contributed by atoms with Crippen LogP contribution in [-0.4, -0.2) is 50.0 Å². The van der Waals surface area contributed by atoms with Gasteiger partial charge in [-0.05, 0) is 78.1 Å². The molecule has 0 unspecified atom stereocenters. The Morgan fingerprint density at radius 3 is 2.08 bits per heavy atom. The van der Waals surface area contributed by atoms with E-state index in [4.69, 9.17) is 13.7 Å². The van der Waals surface area contributed by atoms with Gasteiger partial charge in [0.1, 0.15) is 22.5 Å². The van der Waals surface area contributed by atoms with Crippen LogP contribution in [0, 0.1) is 0 Å². The third kappa shape index (κ3) is 11.6. The number of hydrogen-bond acceptors (Lipinski definition) is 8. The number of thioether (sulfide) groups is 1. The van der Waals surface area contributed by atoms with Crippen molar-refractivity contribution >= 4 is 27.8 Å². The van der Waals surface area contributed by atoms with Gasteiger partial charge in [-0.2, -0.15) is 8.42 Å². The van der Waals surface area contributed by atoms with Gasteiger partial charge in [-0.25, -0.2) is 0 Å². The van der Waals surface area contributed by atoms with Gasteiger partial charge < -0.3 is 18.8 Å². The summed E-state index contributed by atoms with van der Waals surface area (Å²) in [6.45, 7) is 2.97. The fraction of sp³-hybridized carbons (Fsp3) is 0.367. The van der Waals surface area contributed by atoms with Gasteiger partial charge in [-0.1, -0.05) is 49.7 Å². The molecule has 0 bridgehead atoms. The maximum absolute atomic E-state index is 12.8. The minimum Gasteiger partial charge on any atom is -0.508 e. The number of esters is 1. The lowest BCUT2D eigenvalue weighted by molar-refractivity contribution is -0.143. The van der Waals surface area contributed by atoms with E-state index < -0.39 is 10.1 Å². The first-order valence-electron chi connectivity index (χ1n) is 13.0. The van der Waals surface area contributed by atoms with Crippen molar-refractivity contribution in [1.82, 2.24) is 0 Å². The van der Waals surface area contributed by atoms with Gasteiger partial charge in [0, 0.05) is 6.42 Å². The van der Waals surface area contributed by atoms with Crippen LogP contribution in [-0.2, 0) is 38.9 Å². The van der Waals surface area contributed by atoms with E-state index in [2.05, 4.69) is 6.92 Å². The van der Waals surface area contributed by atoms with E-state index >= 15 is 0 Å². The molecule has 0 aliphatic carbocycles. The first-order valence-corrected chi connectivity index (χ1v) is 15.8. The number of ether oxygens (including phenoxy) is 2. The summed E-state index contributed by atoms with van der Waals surface area (Å²) in [6.07, 6.45) is 4.91. The average Bonchev–Trinajstić information content (AvgIpc) is 2.90. The van der Waals surface area contributed by atoms with Crippen molar-refractivity contribution in [2.75, 3.05) is 25.2 Å². The molecule has 0 aliphatic heterocycles. The van der Waals surface area contributed by atoms with E-state index in [1.54, 1.807) is 48.2 Å². The fourth-order valence-corrected chi connectivity index (χ4v) is 5.32. The Hall–Kier alpha value is -3.17. The van der Waals surface area contributed by atoms with Crippen molar-refractivity contribution in [3.8, 4) is 17.2 Å². The van der Waals surface area contributed by atoms with E-state index in [9.17, 15) is 18.3 Å². The molecular formula is C30H36O7S2. The third-order valence-electron chi connectivity index (χ3n) is 5.83. The predicted molar refractivity (Wildman–Crippen MR) is 155 cm³/mol. The zero-order valence-corrected chi connectivity index (χ0v) is 24.0. The number of hydrogen-bond donors (Lipinski definition) is 1. The zero-order valence-electron chi connectivity index (χ0n) is 22.4. The van der Waals surface area contributed by atoms with Crippen LogP contribution in [0.1, 0.15) is 36.5 Å². The highest BCUT2D eigenvalue weighted by atomic mass is 32.2. The molecule has 0 heterocycles. The summed E-state index contributed by atoms with van der Waals surface area (Å²) in [5.41, 5.74) is 3.29. The van der Waals surface area contributed by atoms with Crippen molar-refractivity contribution < 1.29 is 32.0 Å². The molecule has 9 heteroatoms. The van der Waals surface area contributed by atoms with Crippen LogP contribution in [0.25, 0.3) is 0 Å². The molecule has 210 valence electrons. The summed E-state index contributed by atoms with van der Waals surface area (Å²) < 4.78 is 38.6. The van der Waals surface area contributed by atoms with Crippen LogP contribution >= 0.6 is 11.8 Å². The van der Waals surface area contributed by atoms with E-state index in [1.165, 1.54) is 0 Å². The topological polar surface area (TPSA) is 99.1 Å². The standard InChI is InChI=1S/C30H36O7S2/c1-3-4-19-36-30(32)29(38-21-18-24-9-11-26(31)12-10-24)22-25-7-5-23(6-8-25)17-20-35-27-13-15-28(16-14-27)37-39(2,33)34/h5-16,29,31H,3-4,17-22H2,1-2H3/t29-/m1/s1. The highest BCUT2D eigenvalue weighted by molar-refractivity contribution is 8.00. The normalized spacial score (nSPS) is 12.1. The van der Waals surface area contributed by atoms with Crippen molar-refractivity contribution in [3.63, 3.8) is 0 Å². The van der Waals surface area contributed by atoms with Crippen molar-refractivity contribution in [2.24, 2.45) is 0 Å². The van der Waals surface area contributed by atoms with Crippen molar-refractivity contribution in [3.05, 3.63) is 89.5 Å². The Morgan fingerprint density at radius 1 is 0.846 bits per heavy atom. The Labute approximate surface area is 235 Å². The van der Waals surface area contributed by atoms with Crippen LogP contribution in [0.2, 0.25) is 0 Å². The second-order valence-electron chi connectivity index (χ2n) is 9.17. The van der Waals surface area contributed by atoms with Crippen LogP contribution < -0.4 is 8.92 Å². The summed E-state index contributed by atoms with van der Waals surface area (Å²) in [6, 6.07) is 21.8. The Balaban J connectivity index is 1.50. The summed E-state index contributed by atoms with van der Waals surface area (Å²) in [4.78, 5) is 12.8. The third-order valence-corrected chi connectivity index (χ3v) is 7.52. The highest BCUT2D eigenvalue weighted by Crippen LogP contribution is 2.22. The second-order valence-corrected chi connectivity index (χ2v) is 12.1. The minimum absolute atomic E-state index is 0.176. The first-order chi connectivity index (χ1) is 18.7. The van der Waals surface area contributed by atoms with Crippen LogP contribution in [0.5, 0.6) is 17.2 Å². The molecule has 0 amide bonds. The van der Waals surface area contributed by atoms with E-state index in [1.807, 2.05) is 36.4 Å². The van der Waals surface area contributed by atoms with E-state index in [-0.39, 0.29) is 22.7 Å². The van der Waals surface area contributed by atoms with Gasteiger partial charge in [0.05, 0.1) is 19.5 Å². The van der Waals surface area contributed by atoms with Gasteiger partial charge >= 0.3 is 16.1 Å². The lowest BCUT2D eigenvalue weighted by Gasteiger charge is -2.16. The summed E-state index contributed by atoms with van der Waals surface area (Å²) in [7, 11) is -3.56.